The third-order valence-corrected chi connectivity index (χ3v) is 3.56. The number of phosphoric acid groups is 2. The molecule has 80 valence electrons. The number of hydrogen-bond acceptors (Lipinski definition) is 7. The van der Waals surface area contributed by atoms with Gasteiger partial charge < -0.3 is 19.2 Å². The molecule has 1 unspecified atom stereocenters. The Morgan fingerprint density at radius 2 is 1.50 bits per heavy atom. The van der Waals surface area contributed by atoms with E-state index < -0.39 is 26.0 Å². The maximum atomic E-state index is 10.3. The topological polar surface area (TPSA) is 170 Å². The van der Waals surface area contributed by atoms with Crippen LogP contribution in [0.3, 0.4) is 0 Å². The van der Waals surface area contributed by atoms with Crippen molar-refractivity contribution in [2.45, 2.75) is 0 Å². The van der Waals surface area contributed by atoms with E-state index in [1.54, 1.807) is 0 Å². The van der Waals surface area contributed by atoms with Gasteiger partial charge in [0.25, 0.3) is 0 Å². The third kappa shape index (κ3) is 11.9. The van der Waals surface area contributed by atoms with E-state index >= 15 is 0 Å². The number of rotatable bonds is 4. The van der Waals surface area contributed by atoms with E-state index in [1.165, 1.54) is 0 Å². The SMILES string of the molecule is O=P(O)(O)OP(=O)(O)OS(=O)(=O)[O-].[K+]. The smallest absolute Gasteiger partial charge is 0.725 e. The van der Waals surface area contributed by atoms with Crippen LogP contribution in [0.25, 0.3) is 0 Å². The Morgan fingerprint density at radius 3 is 1.71 bits per heavy atom. The molecule has 0 saturated carbocycles. The maximum absolute atomic E-state index is 10.3. The molecule has 0 bridgehead atoms. The summed E-state index contributed by atoms with van der Waals surface area (Å²) < 4.78 is 55.0. The van der Waals surface area contributed by atoms with E-state index in [0.29, 0.717) is 0 Å². The van der Waals surface area contributed by atoms with Crippen molar-refractivity contribution < 1.29 is 96.4 Å². The van der Waals surface area contributed by atoms with Crippen LogP contribution in [-0.4, -0.2) is 27.7 Å². The second kappa shape index (κ2) is 5.94. The second-order valence-corrected chi connectivity index (χ2v) is 5.51. The van der Waals surface area contributed by atoms with Crippen LogP contribution in [0.15, 0.2) is 0 Å². The Bertz CT molecular complexity index is 360. The van der Waals surface area contributed by atoms with Crippen molar-refractivity contribution >= 4 is 26.0 Å². The van der Waals surface area contributed by atoms with Gasteiger partial charge in [-0.2, -0.15) is 8.28 Å². The Morgan fingerprint density at radius 1 is 1.14 bits per heavy atom. The molecule has 0 aromatic heterocycles. The zero-order valence-corrected chi connectivity index (χ0v) is 12.2. The summed E-state index contributed by atoms with van der Waals surface area (Å²) in [5.41, 5.74) is 0. The van der Waals surface area contributed by atoms with Crippen molar-refractivity contribution in [3.63, 3.8) is 0 Å². The largest absolute Gasteiger partial charge is 1.00 e. The Kier molecular flexibility index (Phi) is 7.71. The molecule has 0 aromatic rings. The molecule has 14 heavy (non-hydrogen) atoms. The molecule has 0 aliphatic rings. The predicted molar refractivity (Wildman–Crippen MR) is 33.7 cm³/mol. The van der Waals surface area contributed by atoms with Crippen molar-refractivity contribution in [3.05, 3.63) is 0 Å². The molecule has 3 N–H and O–H groups in total. The Labute approximate surface area is 121 Å². The van der Waals surface area contributed by atoms with Gasteiger partial charge in [0.15, 0.2) is 0 Å². The molecule has 0 heterocycles. The van der Waals surface area contributed by atoms with Gasteiger partial charge in [-0.25, -0.2) is 17.5 Å². The van der Waals surface area contributed by atoms with E-state index in [4.69, 9.17) is 14.7 Å². The maximum Gasteiger partial charge on any atom is 1.00 e. The van der Waals surface area contributed by atoms with Crippen molar-refractivity contribution in [2.75, 3.05) is 0 Å². The molecule has 0 amide bonds. The first kappa shape index (κ1) is 18.2. The van der Waals surface area contributed by atoms with Crippen LogP contribution < -0.4 is 51.4 Å². The summed E-state index contributed by atoms with van der Waals surface area (Å²) >= 11 is 0. The molecule has 10 nitrogen and oxygen atoms in total. The van der Waals surface area contributed by atoms with Gasteiger partial charge in [-0.15, -0.1) is 0 Å². The molecule has 0 spiro atoms. The molecular weight excluding hydrogens is 293 g/mol. The molecule has 14 heteroatoms. The monoisotopic (exact) mass is 296 g/mol. The van der Waals surface area contributed by atoms with Crippen LogP contribution in [-0.2, 0) is 27.8 Å². The first-order valence-corrected chi connectivity index (χ1v) is 6.54. The van der Waals surface area contributed by atoms with Crippen LogP contribution in [0.2, 0.25) is 0 Å². The zero-order valence-electron chi connectivity index (χ0n) is 6.50. The predicted octanol–water partition coefficient (Wildman–Crippen LogP) is -4.32. The van der Waals surface area contributed by atoms with Crippen LogP contribution >= 0.6 is 15.6 Å². The molecule has 0 aliphatic carbocycles. The minimum atomic E-state index is -5.60. The van der Waals surface area contributed by atoms with Gasteiger partial charge in [0, 0.05) is 0 Å². The van der Waals surface area contributed by atoms with E-state index in [0.717, 1.165) is 0 Å². The van der Waals surface area contributed by atoms with Crippen LogP contribution in [0.1, 0.15) is 0 Å². The van der Waals surface area contributed by atoms with Gasteiger partial charge in [-0.05, 0) is 0 Å². The normalized spacial score (nSPS) is 16.9. The van der Waals surface area contributed by atoms with Crippen LogP contribution in [0, 0.1) is 0 Å². The molecule has 1 atom stereocenters. The molecule has 0 radical (unpaired) electrons. The van der Waals surface area contributed by atoms with E-state index in [-0.39, 0.29) is 51.4 Å². The van der Waals surface area contributed by atoms with E-state index in [1.807, 2.05) is 0 Å². The second-order valence-electron chi connectivity index (χ2n) is 1.52. The first-order chi connectivity index (χ1) is 5.41. The van der Waals surface area contributed by atoms with Crippen LogP contribution in [0.4, 0.5) is 0 Å². The fraction of sp³-hybridized carbons (Fsp3) is 0. The minimum absolute atomic E-state index is 0. The molecule has 0 saturated heterocycles. The summed E-state index contributed by atoms with van der Waals surface area (Å²) in [6, 6.07) is 0. The van der Waals surface area contributed by atoms with E-state index in [2.05, 4.69) is 8.28 Å². The minimum Gasteiger partial charge on any atom is -0.725 e. The molecule has 0 aliphatic heterocycles. The summed E-state index contributed by atoms with van der Waals surface area (Å²) in [6.45, 7) is 0. The molecule has 0 aromatic carbocycles. The standard InChI is InChI=1S/K.H4O10P2S/c;1-11(2,3)9-12(4,5)10-13(6,7)8/h;(H,4,5)(H2,1,2,3)(H,6,7,8)/q+1;/p-1. The molecule has 0 rings (SSSR count). The fourth-order valence-electron chi connectivity index (χ4n) is 0.263. The van der Waals surface area contributed by atoms with Crippen molar-refractivity contribution in [1.29, 1.82) is 0 Å². The third-order valence-electron chi connectivity index (χ3n) is 0.395. The summed E-state index contributed by atoms with van der Waals surface area (Å²) in [5.74, 6) is 0. The zero-order chi connectivity index (χ0) is 10.9. The van der Waals surface area contributed by atoms with Crippen molar-refractivity contribution in [3.8, 4) is 0 Å². The summed E-state index contributed by atoms with van der Waals surface area (Å²) in [6.07, 6.45) is 0. The van der Waals surface area contributed by atoms with Gasteiger partial charge in [-0.1, -0.05) is 0 Å². The van der Waals surface area contributed by atoms with Gasteiger partial charge in [-0.3, -0.25) is 0 Å². The van der Waals surface area contributed by atoms with Gasteiger partial charge in [0.1, 0.15) is 0 Å². The Balaban J connectivity index is 0. The fourth-order valence-corrected chi connectivity index (χ4v) is 2.62. The average molecular weight is 296 g/mol. The van der Waals surface area contributed by atoms with Gasteiger partial charge >= 0.3 is 67.0 Å². The molecular formula is H3KO10P2S. The quantitative estimate of drug-likeness (QED) is 0.199. The van der Waals surface area contributed by atoms with Crippen molar-refractivity contribution in [1.82, 2.24) is 0 Å². The number of hydrogen-bond donors (Lipinski definition) is 3. The van der Waals surface area contributed by atoms with Gasteiger partial charge in [0.2, 0.25) is 10.4 Å². The van der Waals surface area contributed by atoms with Crippen LogP contribution in [0.5, 0.6) is 0 Å². The summed E-state index contributed by atoms with van der Waals surface area (Å²) in [5, 5.41) is 0. The summed E-state index contributed by atoms with van der Waals surface area (Å²) in [4.78, 5) is 24.1. The van der Waals surface area contributed by atoms with Crippen molar-refractivity contribution in [2.24, 2.45) is 0 Å². The Hall–Kier alpha value is 1.81. The molecule has 0 fully saturated rings. The van der Waals surface area contributed by atoms with Gasteiger partial charge in [0.05, 0.1) is 0 Å². The van der Waals surface area contributed by atoms with E-state index in [9.17, 15) is 22.1 Å². The summed E-state index contributed by atoms with van der Waals surface area (Å²) in [7, 11) is -16.6. The first-order valence-electron chi connectivity index (χ1n) is 2.18. The average Bonchev–Trinajstić information content (AvgIpc) is 1.43.